The van der Waals surface area contributed by atoms with Crippen molar-refractivity contribution in [2.24, 2.45) is 0 Å². The van der Waals surface area contributed by atoms with E-state index in [4.69, 9.17) is 9.15 Å². The zero-order chi connectivity index (χ0) is 10.7. The highest BCUT2D eigenvalue weighted by molar-refractivity contribution is 5.31. The van der Waals surface area contributed by atoms with Crippen molar-refractivity contribution in [3.8, 4) is 11.5 Å². The van der Waals surface area contributed by atoms with Gasteiger partial charge in [0.25, 0.3) is 0 Å². The van der Waals surface area contributed by atoms with Crippen molar-refractivity contribution in [1.29, 1.82) is 0 Å². The molecule has 0 unspecified atom stereocenters. The minimum atomic E-state index is 0.197. The molecule has 0 amide bonds. The van der Waals surface area contributed by atoms with Gasteiger partial charge >= 0.3 is 0 Å². The molecule has 1 heterocycles. The first-order chi connectivity index (χ1) is 7.24. The maximum Gasteiger partial charge on any atom is 0.146 e. The minimum absolute atomic E-state index is 0.197. The van der Waals surface area contributed by atoms with Crippen molar-refractivity contribution in [2.45, 2.75) is 13.5 Å². The van der Waals surface area contributed by atoms with Gasteiger partial charge in [0.05, 0.1) is 0 Å². The SMILES string of the molecule is Cc1ccc(COc2cccc(O)c2)o1. The zero-order valence-corrected chi connectivity index (χ0v) is 8.43. The second-order valence-electron chi connectivity index (χ2n) is 3.30. The standard InChI is InChI=1S/C12H12O3/c1-9-5-6-12(15-9)8-14-11-4-2-3-10(13)7-11/h2-7,13H,8H2,1H3. The summed E-state index contributed by atoms with van der Waals surface area (Å²) in [5, 5.41) is 9.21. The number of phenols is 1. The van der Waals surface area contributed by atoms with Gasteiger partial charge in [-0.25, -0.2) is 0 Å². The summed E-state index contributed by atoms with van der Waals surface area (Å²) in [5.41, 5.74) is 0. The minimum Gasteiger partial charge on any atom is -0.508 e. The average molecular weight is 204 g/mol. The van der Waals surface area contributed by atoms with Crippen LogP contribution in [0.2, 0.25) is 0 Å². The van der Waals surface area contributed by atoms with Crippen LogP contribution in [0.3, 0.4) is 0 Å². The number of furan rings is 1. The monoisotopic (exact) mass is 204 g/mol. The fourth-order valence-electron chi connectivity index (χ4n) is 1.29. The summed E-state index contributed by atoms with van der Waals surface area (Å²) in [6.45, 7) is 2.26. The van der Waals surface area contributed by atoms with Gasteiger partial charge in [-0.15, -0.1) is 0 Å². The van der Waals surface area contributed by atoms with E-state index in [1.165, 1.54) is 0 Å². The summed E-state index contributed by atoms with van der Waals surface area (Å²) in [6, 6.07) is 10.5. The van der Waals surface area contributed by atoms with E-state index in [9.17, 15) is 5.11 Å². The number of aromatic hydroxyl groups is 1. The highest BCUT2D eigenvalue weighted by Crippen LogP contribution is 2.19. The van der Waals surface area contributed by atoms with Gasteiger partial charge in [-0.3, -0.25) is 0 Å². The van der Waals surface area contributed by atoms with Crippen LogP contribution in [-0.4, -0.2) is 5.11 Å². The van der Waals surface area contributed by atoms with Crippen LogP contribution in [0.1, 0.15) is 11.5 Å². The van der Waals surface area contributed by atoms with Crippen LogP contribution in [0.5, 0.6) is 11.5 Å². The molecule has 0 aliphatic carbocycles. The van der Waals surface area contributed by atoms with Crippen molar-refractivity contribution < 1.29 is 14.3 Å². The van der Waals surface area contributed by atoms with Gasteiger partial charge in [-0.05, 0) is 31.2 Å². The van der Waals surface area contributed by atoms with Gasteiger partial charge in [0.15, 0.2) is 0 Å². The second-order valence-corrected chi connectivity index (χ2v) is 3.30. The molecule has 1 aromatic heterocycles. The lowest BCUT2D eigenvalue weighted by molar-refractivity contribution is 0.266. The van der Waals surface area contributed by atoms with Crippen LogP contribution in [0.15, 0.2) is 40.8 Å². The first-order valence-corrected chi connectivity index (χ1v) is 4.71. The molecule has 3 nitrogen and oxygen atoms in total. The van der Waals surface area contributed by atoms with Crippen molar-refractivity contribution in [3.63, 3.8) is 0 Å². The summed E-state index contributed by atoms with van der Waals surface area (Å²) in [4.78, 5) is 0. The Morgan fingerprint density at radius 3 is 2.80 bits per heavy atom. The Labute approximate surface area is 87.9 Å². The van der Waals surface area contributed by atoms with Crippen LogP contribution >= 0.6 is 0 Å². The zero-order valence-electron chi connectivity index (χ0n) is 8.43. The second kappa shape index (κ2) is 4.09. The van der Waals surface area contributed by atoms with Crippen LogP contribution in [-0.2, 0) is 6.61 Å². The Morgan fingerprint density at radius 1 is 1.27 bits per heavy atom. The molecule has 15 heavy (non-hydrogen) atoms. The molecule has 2 aromatic rings. The molecule has 0 spiro atoms. The number of hydrogen-bond donors (Lipinski definition) is 1. The number of ether oxygens (including phenoxy) is 1. The Bertz CT molecular complexity index is 446. The van der Waals surface area contributed by atoms with E-state index >= 15 is 0 Å². The summed E-state index contributed by atoms with van der Waals surface area (Å²) >= 11 is 0. The van der Waals surface area contributed by atoms with E-state index in [1.807, 2.05) is 19.1 Å². The molecule has 0 fully saturated rings. The molecule has 0 atom stereocenters. The highest BCUT2D eigenvalue weighted by atomic mass is 16.5. The molecule has 0 saturated carbocycles. The van der Waals surface area contributed by atoms with E-state index in [0.717, 1.165) is 11.5 Å². The topological polar surface area (TPSA) is 42.6 Å². The summed E-state index contributed by atoms with van der Waals surface area (Å²) < 4.78 is 10.8. The van der Waals surface area contributed by atoms with Gasteiger partial charge in [0.2, 0.25) is 0 Å². The van der Waals surface area contributed by atoms with Gasteiger partial charge in [0.1, 0.15) is 29.6 Å². The third-order valence-electron chi connectivity index (χ3n) is 1.99. The number of aryl methyl sites for hydroxylation is 1. The van der Waals surface area contributed by atoms with Crippen LogP contribution < -0.4 is 4.74 Å². The molecule has 3 heteroatoms. The lowest BCUT2D eigenvalue weighted by Gasteiger charge is -2.03. The molecular formula is C12H12O3. The molecule has 0 aliphatic heterocycles. The molecule has 2 rings (SSSR count). The lowest BCUT2D eigenvalue weighted by atomic mass is 10.3. The van der Waals surface area contributed by atoms with E-state index < -0.39 is 0 Å². The molecule has 1 N–H and O–H groups in total. The number of benzene rings is 1. The molecule has 78 valence electrons. The molecule has 0 aliphatic rings. The molecule has 0 saturated heterocycles. The average Bonchev–Trinajstić information content (AvgIpc) is 2.62. The van der Waals surface area contributed by atoms with Crippen LogP contribution in [0.4, 0.5) is 0 Å². The lowest BCUT2D eigenvalue weighted by Crippen LogP contribution is -1.92. The molecular weight excluding hydrogens is 192 g/mol. The van der Waals surface area contributed by atoms with E-state index in [1.54, 1.807) is 24.3 Å². The molecule has 1 aromatic carbocycles. The fraction of sp³-hybridized carbons (Fsp3) is 0.167. The number of phenolic OH excluding ortho intramolecular Hbond substituents is 1. The third kappa shape index (κ3) is 2.53. The maximum absolute atomic E-state index is 9.21. The smallest absolute Gasteiger partial charge is 0.146 e. The molecule has 0 bridgehead atoms. The van der Waals surface area contributed by atoms with Crippen LogP contribution in [0.25, 0.3) is 0 Å². The third-order valence-corrected chi connectivity index (χ3v) is 1.99. The predicted molar refractivity (Wildman–Crippen MR) is 55.9 cm³/mol. The Morgan fingerprint density at radius 2 is 2.13 bits per heavy atom. The van der Waals surface area contributed by atoms with E-state index in [-0.39, 0.29) is 5.75 Å². The normalized spacial score (nSPS) is 10.2. The summed E-state index contributed by atoms with van der Waals surface area (Å²) in [7, 11) is 0. The Kier molecular flexibility index (Phi) is 2.63. The number of hydrogen-bond acceptors (Lipinski definition) is 3. The van der Waals surface area contributed by atoms with Crippen LogP contribution in [0, 0.1) is 6.92 Å². The molecule has 0 radical (unpaired) electrons. The summed E-state index contributed by atoms with van der Waals surface area (Å²) in [5.74, 6) is 2.47. The Hall–Kier alpha value is -1.90. The van der Waals surface area contributed by atoms with Gasteiger partial charge in [-0.1, -0.05) is 6.07 Å². The number of rotatable bonds is 3. The summed E-state index contributed by atoms with van der Waals surface area (Å²) in [6.07, 6.45) is 0. The Balaban J connectivity index is 1.99. The van der Waals surface area contributed by atoms with Crippen molar-refractivity contribution in [1.82, 2.24) is 0 Å². The van der Waals surface area contributed by atoms with Crippen molar-refractivity contribution in [3.05, 3.63) is 47.9 Å². The van der Waals surface area contributed by atoms with Crippen molar-refractivity contribution >= 4 is 0 Å². The predicted octanol–water partition coefficient (Wildman–Crippen LogP) is 2.87. The first-order valence-electron chi connectivity index (χ1n) is 4.71. The maximum atomic E-state index is 9.21. The highest BCUT2D eigenvalue weighted by Gasteiger charge is 2.00. The largest absolute Gasteiger partial charge is 0.508 e. The van der Waals surface area contributed by atoms with E-state index in [0.29, 0.717) is 12.4 Å². The van der Waals surface area contributed by atoms with Gasteiger partial charge in [-0.2, -0.15) is 0 Å². The fourth-order valence-corrected chi connectivity index (χ4v) is 1.29. The first kappa shape index (κ1) is 9.65. The van der Waals surface area contributed by atoms with E-state index in [2.05, 4.69) is 0 Å². The van der Waals surface area contributed by atoms with Crippen molar-refractivity contribution in [2.75, 3.05) is 0 Å². The van der Waals surface area contributed by atoms with Gasteiger partial charge in [0, 0.05) is 6.07 Å². The van der Waals surface area contributed by atoms with Gasteiger partial charge < -0.3 is 14.3 Å². The quantitative estimate of drug-likeness (QED) is 0.835.